The van der Waals surface area contributed by atoms with Gasteiger partial charge >= 0.3 is 0 Å². The molecule has 0 saturated carbocycles. The Morgan fingerprint density at radius 3 is 2.75 bits per heavy atom. The Kier molecular flexibility index (Phi) is 7.28. The molecule has 2 aromatic carbocycles. The van der Waals surface area contributed by atoms with Gasteiger partial charge < -0.3 is 20.2 Å². The van der Waals surface area contributed by atoms with Crippen molar-refractivity contribution in [3.8, 4) is 11.1 Å². The van der Waals surface area contributed by atoms with Gasteiger partial charge in [-0.3, -0.25) is 4.79 Å². The fraction of sp³-hybridized carbons (Fsp3) is 0.370. The smallest absolute Gasteiger partial charge is 0.291 e. The van der Waals surface area contributed by atoms with E-state index >= 15 is 0 Å². The van der Waals surface area contributed by atoms with Crippen molar-refractivity contribution in [3.05, 3.63) is 71.7 Å². The lowest BCUT2D eigenvalue weighted by Gasteiger charge is -2.12. The van der Waals surface area contributed by atoms with Crippen molar-refractivity contribution >= 4 is 17.3 Å². The zero-order chi connectivity index (χ0) is 22.3. The van der Waals surface area contributed by atoms with Crippen LogP contribution in [0.1, 0.15) is 54.0 Å². The van der Waals surface area contributed by atoms with E-state index in [4.69, 9.17) is 14.9 Å². The van der Waals surface area contributed by atoms with Crippen LogP contribution in [0.15, 0.2) is 59.0 Å². The minimum atomic E-state index is -0.280. The first kappa shape index (κ1) is 22.2. The van der Waals surface area contributed by atoms with Gasteiger partial charge in [0, 0.05) is 13.2 Å². The van der Waals surface area contributed by atoms with Crippen molar-refractivity contribution in [1.82, 2.24) is 0 Å². The number of amides is 1. The number of nitrogens with two attached hydrogens (primary N) is 1. The monoisotopic (exact) mass is 432 g/mol. The summed E-state index contributed by atoms with van der Waals surface area (Å²) >= 11 is 0. The van der Waals surface area contributed by atoms with Crippen molar-refractivity contribution in [1.29, 1.82) is 0 Å². The van der Waals surface area contributed by atoms with Gasteiger partial charge in [-0.15, -0.1) is 0 Å². The Labute approximate surface area is 190 Å². The van der Waals surface area contributed by atoms with E-state index in [0.717, 1.165) is 67.3 Å². The third-order valence-corrected chi connectivity index (χ3v) is 6.28. The Morgan fingerprint density at radius 1 is 1.06 bits per heavy atom. The van der Waals surface area contributed by atoms with Crippen LogP contribution in [0.3, 0.4) is 0 Å². The summed E-state index contributed by atoms with van der Waals surface area (Å²) in [4.78, 5) is 12.9. The van der Waals surface area contributed by atoms with E-state index in [0.29, 0.717) is 17.1 Å². The fourth-order valence-corrected chi connectivity index (χ4v) is 4.38. The van der Waals surface area contributed by atoms with Crippen LogP contribution in [0.4, 0.5) is 11.4 Å². The van der Waals surface area contributed by atoms with Gasteiger partial charge in [-0.25, -0.2) is 0 Å². The predicted molar refractivity (Wildman–Crippen MR) is 129 cm³/mol. The topological polar surface area (TPSA) is 77.5 Å². The summed E-state index contributed by atoms with van der Waals surface area (Å²) in [5.74, 6) is 1.60. The summed E-state index contributed by atoms with van der Waals surface area (Å²) < 4.78 is 11.4. The minimum absolute atomic E-state index is 0.280. The largest absolute Gasteiger partial charge is 0.456 e. The molecule has 1 fully saturated rings. The van der Waals surface area contributed by atoms with Crippen molar-refractivity contribution < 1.29 is 13.9 Å². The molecule has 32 heavy (non-hydrogen) atoms. The van der Waals surface area contributed by atoms with Gasteiger partial charge in [-0.1, -0.05) is 42.8 Å². The predicted octanol–water partition coefficient (Wildman–Crippen LogP) is 6.23. The van der Waals surface area contributed by atoms with Gasteiger partial charge in [0.2, 0.25) is 0 Å². The van der Waals surface area contributed by atoms with Crippen LogP contribution in [0.5, 0.6) is 0 Å². The van der Waals surface area contributed by atoms with Gasteiger partial charge in [0.25, 0.3) is 5.91 Å². The van der Waals surface area contributed by atoms with E-state index in [1.807, 2.05) is 61.5 Å². The molecule has 1 aliphatic heterocycles. The zero-order valence-corrected chi connectivity index (χ0v) is 18.7. The average molecular weight is 433 g/mol. The van der Waals surface area contributed by atoms with Gasteiger partial charge in [0.05, 0.1) is 11.4 Å². The molecule has 1 saturated heterocycles. The molecule has 2 heterocycles. The maximum Gasteiger partial charge on any atom is 0.291 e. The average Bonchev–Trinajstić information content (AvgIpc) is 2.99. The SMILES string of the molecule is Cc1oc(C(=O)Nc2cc(-c3ccccc3)ccc2N)cc1CCCC1CCCOCC1. The standard InChI is InChI=1S/C27H32N2O3/c1-19-22(11-5-7-20-8-6-15-31-16-14-20)18-26(32-19)27(30)29-25-17-23(12-13-24(25)28)21-9-3-2-4-10-21/h2-4,9-10,12-13,17-18,20H,5-8,11,14-16,28H2,1H3,(H,29,30). The highest BCUT2D eigenvalue weighted by Gasteiger charge is 2.17. The normalized spacial score (nSPS) is 16.5. The molecule has 1 unspecified atom stereocenters. The van der Waals surface area contributed by atoms with E-state index in [-0.39, 0.29) is 5.91 Å². The number of nitrogens with one attached hydrogen (secondary N) is 1. The van der Waals surface area contributed by atoms with E-state index in [1.54, 1.807) is 0 Å². The molecule has 5 heteroatoms. The second-order valence-electron chi connectivity index (χ2n) is 8.62. The first-order chi connectivity index (χ1) is 15.6. The molecule has 1 aromatic heterocycles. The molecule has 0 bridgehead atoms. The zero-order valence-electron chi connectivity index (χ0n) is 18.7. The summed E-state index contributed by atoms with van der Waals surface area (Å²) in [6.45, 7) is 3.71. The quantitative estimate of drug-likeness (QED) is 0.434. The van der Waals surface area contributed by atoms with Crippen LogP contribution in [-0.4, -0.2) is 19.1 Å². The summed E-state index contributed by atoms with van der Waals surface area (Å²) in [6.07, 6.45) is 6.78. The van der Waals surface area contributed by atoms with Gasteiger partial charge in [-0.05, 0) is 79.8 Å². The number of benzene rings is 2. The number of hydrogen-bond donors (Lipinski definition) is 2. The molecule has 3 aromatic rings. The van der Waals surface area contributed by atoms with E-state index in [1.165, 1.54) is 12.8 Å². The fourth-order valence-electron chi connectivity index (χ4n) is 4.38. The number of anilines is 2. The van der Waals surface area contributed by atoms with E-state index < -0.39 is 0 Å². The van der Waals surface area contributed by atoms with Crippen LogP contribution in [0.2, 0.25) is 0 Å². The first-order valence-corrected chi connectivity index (χ1v) is 11.5. The van der Waals surface area contributed by atoms with Crippen molar-refractivity contribution in [2.75, 3.05) is 24.3 Å². The second kappa shape index (κ2) is 10.5. The number of rotatable bonds is 7. The third kappa shape index (κ3) is 5.60. The molecule has 168 valence electrons. The molecular weight excluding hydrogens is 400 g/mol. The van der Waals surface area contributed by atoms with Gasteiger partial charge in [0.1, 0.15) is 5.76 Å². The summed E-state index contributed by atoms with van der Waals surface area (Å²) in [5.41, 5.74) is 10.4. The number of furan rings is 1. The first-order valence-electron chi connectivity index (χ1n) is 11.5. The third-order valence-electron chi connectivity index (χ3n) is 6.28. The number of aryl methyl sites for hydroxylation is 2. The molecule has 1 amide bonds. The summed E-state index contributed by atoms with van der Waals surface area (Å²) in [6, 6.07) is 17.6. The second-order valence-corrected chi connectivity index (χ2v) is 8.62. The molecule has 1 atom stereocenters. The highest BCUT2D eigenvalue weighted by molar-refractivity contribution is 6.04. The molecular formula is C27H32N2O3. The maximum absolute atomic E-state index is 12.9. The molecule has 0 spiro atoms. The molecule has 0 radical (unpaired) electrons. The van der Waals surface area contributed by atoms with Crippen LogP contribution in [0, 0.1) is 12.8 Å². The Morgan fingerprint density at radius 2 is 1.91 bits per heavy atom. The number of hydrogen-bond acceptors (Lipinski definition) is 4. The molecule has 1 aliphatic rings. The Bertz CT molecular complexity index is 1030. The molecule has 5 nitrogen and oxygen atoms in total. The lowest BCUT2D eigenvalue weighted by Crippen LogP contribution is -2.12. The summed E-state index contributed by atoms with van der Waals surface area (Å²) in [7, 11) is 0. The number of ether oxygens (including phenoxy) is 1. The Balaban J connectivity index is 1.39. The van der Waals surface area contributed by atoms with Crippen LogP contribution in [-0.2, 0) is 11.2 Å². The number of nitrogen functional groups attached to an aromatic ring is 1. The maximum atomic E-state index is 12.9. The Hall–Kier alpha value is -3.05. The minimum Gasteiger partial charge on any atom is -0.456 e. The molecule has 3 N–H and O–H groups in total. The lowest BCUT2D eigenvalue weighted by atomic mass is 9.93. The van der Waals surface area contributed by atoms with Crippen molar-refractivity contribution in [2.45, 2.75) is 45.4 Å². The highest BCUT2D eigenvalue weighted by Crippen LogP contribution is 2.28. The molecule has 0 aliphatic carbocycles. The van der Waals surface area contributed by atoms with E-state index in [2.05, 4.69) is 5.32 Å². The van der Waals surface area contributed by atoms with Crippen LogP contribution >= 0.6 is 0 Å². The van der Waals surface area contributed by atoms with E-state index in [9.17, 15) is 4.79 Å². The van der Waals surface area contributed by atoms with Crippen molar-refractivity contribution in [3.63, 3.8) is 0 Å². The summed E-state index contributed by atoms with van der Waals surface area (Å²) in [5, 5.41) is 2.92. The molecule has 4 rings (SSSR count). The number of carbonyl (C=O) groups excluding carboxylic acids is 1. The highest BCUT2D eigenvalue weighted by atomic mass is 16.5. The lowest BCUT2D eigenvalue weighted by molar-refractivity contribution is 0.0995. The van der Waals surface area contributed by atoms with Gasteiger partial charge in [-0.2, -0.15) is 0 Å². The van der Waals surface area contributed by atoms with Crippen LogP contribution in [0.25, 0.3) is 11.1 Å². The van der Waals surface area contributed by atoms with Crippen LogP contribution < -0.4 is 11.1 Å². The number of carbonyl (C=O) groups is 1. The van der Waals surface area contributed by atoms with Gasteiger partial charge in [0.15, 0.2) is 5.76 Å². The van der Waals surface area contributed by atoms with Crippen molar-refractivity contribution in [2.24, 2.45) is 5.92 Å².